The first kappa shape index (κ1) is 46.4. The molecule has 5 heterocycles. The number of nitrogens with zero attached hydrogens (tertiary/aromatic N) is 5. The van der Waals surface area contributed by atoms with E-state index in [0.717, 1.165) is 56.7 Å². The van der Waals surface area contributed by atoms with E-state index in [1.165, 1.54) is 9.91 Å². The molecule has 13 heteroatoms. The quantitative estimate of drug-likeness (QED) is 0.141. The molecule has 3 amide bonds. The van der Waals surface area contributed by atoms with Gasteiger partial charge in [0.1, 0.15) is 18.1 Å². The van der Waals surface area contributed by atoms with Crippen molar-refractivity contribution in [2.45, 2.75) is 104 Å². The van der Waals surface area contributed by atoms with Gasteiger partial charge < -0.3 is 24.3 Å². The second-order valence-corrected chi connectivity index (χ2v) is 18.9. The summed E-state index contributed by atoms with van der Waals surface area (Å²) in [7, 11) is 3.37. The maximum Gasteiger partial charge on any atom is 0.324 e. The summed E-state index contributed by atoms with van der Waals surface area (Å²) in [6, 6.07) is 16.1. The lowest BCUT2D eigenvalue weighted by Crippen LogP contribution is -2.62. The van der Waals surface area contributed by atoms with Crippen molar-refractivity contribution in [1.82, 2.24) is 35.1 Å². The number of hydrogen-bond acceptors (Lipinski definition) is 9. The van der Waals surface area contributed by atoms with Gasteiger partial charge in [0.15, 0.2) is 0 Å². The molecule has 7 rings (SSSR count). The maximum absolute atomic E-state index is 14.7. The number of esters is 1. The van der Waals surface area contributed by atoms with E-state index in [9.17, 15) is 19.2 Å². The van der Waals surface area contributed by atoms with Gasteiger partial charge in [-0.15, -0.1) is 6.42 Å². The highest BCUT2D eigenvalue weighted by Gasteiger charge is 2.40. The molecule has 0 aliphatic carbocycles. The van der Waals surface area contributed by atoms with Crippen molar-refractivity contribution < 1.29 is 28.7 Å². The van der Waals surface area contributed by atoms with Crippen LogP contribution in [0.1, 0.15) is 83.7 Å². The highest BCUT2D eigenvalue weighted by atomic mass is 16.5. The Morgan fingerprint density at radius 3 is 2.59 bits per heavy atom. The lowest BCUT2D eigenvalue weighted by molar-refractivity contribution is -0.155. The molecule has 2 aromatic heterocycles. The smallest absolute Gasteiger partial charge is 0.324 e. The summed E-state index contributed by atoms with van der Waals surface area (Å²) in [5, 5.41) is 5.64. The average Bonchev–Trinajstić information content (AvgIpc) is 3.88. The zero-order valence-corrected chi connectivity index (χ0v) is 38.8. The summed E-state index contributed by atoms with van der Waals surface area (Å²) < 4.78 is 14.3. The van der Waals surface area contributed by atoms with Gasteiger partial charge in [0.05, 0.1) is 36.6 Å². The summed E-state index contributed by atoms with van der Waals surface area (Å²) in [5.74, 6) is 0.799. The number of hydrazine groups is 1. The number of amides is 3. The highest BCUT2D eigenvalue weighted by molar-refractivity contribution is 5.96. The Hall–Kier alpha value is -5.55. The molecule has 340 valence electrons. The van der Waals surface area contributed by atoms with Crippen LogP contribution in [-0.2, 0) is 48.0 Å². The maximum atomic E-state index is 14.7. The predicted molar refractivity (Wildman–Crippen MR) is 248 cm³/mol. The Morgan fingerprint density at radius 1 is 1.08 bits per heavy atom. The lowest BCUT2D eigenvalue weighted by atomic mass is 9.84. The van der Waals surface area contributed by atoms with E-state index < -0.39 is 35.4 Å². The van der Waals surface area contributed by atoms with Crippen LogP contribution in [0.4, 0.5) is 0 Å². The fourth-order valence-electron chi connectivity index (χ4n) is 9.90. The van der Waals surface area contributed by atoms with E-state index >= 15 is 0 Å². The number of ether oxygens (including phenoxy) is 2. The molecule has 2 saturated heterocycles. The van der Waals surface area contributed by atoms with E-state index in [0.29, 0.717) is 51.9 Å². The number of benzene rings is 2. The van der Waals surface area contributed by atoms with Gasteiger partial charge in [0.2, 0.25) is 11.8 Å². The number of likely N-dealkylation sites (tertiary alicyclic amines) is 1. The Balaban J connectivity index is 1.30. The van der Waals surface area contributed by atoms with Gasteiger partial charge in [-0.25, -0.2) is 5.43 Å². The number of fused-ring (bicyclic) bond motifs is 6. The number of rotatable bonds is 10. The molecule has 6 bridgehead atoms. The third kappa shape index (κ3) is 9.75. The number of aromatic nitrogens is 2. The molecular weight excluding hydrogens is 807 g/mol. The highest BCUT2D eigenvalue weighted by Crippen LogP contribution is 2.42. The van der Waals surface area contributed by atoms with E-state index in [1.54, 1.807) is 20.4 Å². The van der Waals surface area contributed by atoms with Gasteiger partial charge in [-0.1, -0.05) is 63.9 Å². The monoisotopic (exact) mass is 871 g/mol. The standard InChI is InChI=1S/C51H65N7O6/c1-10-23-56-25-21-37(30-56)48(60)55(8)45(32(3)4)47(59)53-42-27-34-15-12-16-35(26-34)36-19-20-43-39(28-36)40(46(57(43)11-2)38-17-13-22-52-44(38)33(5)63-9)29-51(6,7)31-64-50(62)41-18-14-24-58(54-41)49(42)61/h1,12-13,15-17,19-20,22,26,28,32-33,37,41-42,45,54H,11,14,18,21,23-25,27,29-31H2,2-9H3,(H,53,59). The molecule has 64 heavy (non-hydrogen) atoms. The van der Waals surface area contributed by atoms with E-state index in [-0.39, 0.29) is 42.8 Å². The zero-order valence-electron chi connectivity index (χ0n) is 38.8. The second kappa shape index (κ2) is 19.7. The van der Waals surface area contributed by atoms with Crippen LogP contribution in [0.25, 0.3) is 33.3 Å². The van der Waals surface area contributed by atoms with E-state index in [4.69, 9.17) is 20.9 Å². The molecule has 2 aromatic carbocycles. The van der Waals surface area contributed by atoms with Gasteiger partial charge in [0, 0.05) is 68.3 Å². The minimum absolute atomic E-state index is 0.119. The Morgan fingerprint density at radius 2 is 1.86 bits per heavy atom. The number of carbonyl (C=O) groups is 4. The van der Waals surface area contributed by atoms with E-state index in [1.807, 2.05) is 39.0 Å². The SMILES string of the molecule is C#CCN1CCC(C(=O)N(C)C(C(=O)NC2Cc3cccc(c3)-c3ccc4c(c3)c(c(-c3cccnc3C(C)OC)n4CC)CC(C)(C)COC(=O)C3CCCN(N3)C2=O)C(C)C)C1. The number of aryl methyl sites for hydroxylation is 1. The number of cyclic esters (lactones) is 1. The molecule has 0 saturated carbocycles. The third-order valence-electron chi connectivity index (χ3n) is 13.2. The summed E-state index contributed by atoms with van der Waals surface area (Å²) >= 11 is 0. The minimum atomic E-state index is -1.01. The molecular formula is C51H65N7O6. The normalized spacial score (nSPS) is 21.5. The molecule has 2 fully saturated rings. The van der Waals surface area contributed by atoms with Crippen molar-refractivity contribution in [3.8, 4) is 34.7 Å². The average molecular weight is 872 g/mol. The first-order valence-electron chi connectivity index (χ1n) is 22.8. The van der Waals surface area contributed by atoms with Crippen molar-refractivity contribution in [2.75, 3.05) is 46.9 Å². The van der Waals surface area contributed by atoms with Crippen LogP contribution in [0.5, 0.6) is 0 Å². The number of pyridine rings is 1. The minimum Gasteiger partial charge on any atom is -0.464 e. The third-order valence-corrected chi connectivity index (χ3v) is 13.2. The fraction of sp³-hybridized carbons (Fsp3) is 0.510. The largest absolute Gasteiger partial charge is 0.464 e. The number of methoxy groups -OCH3 is 1. The Bertz CT molecular complexity index is 2420. The van der Waals surface area contributed by atoms with Crippen LogP contribution in [0.2, 0.25) is 0 Å². The molecule has 4 aromatic rings. The topological polar surface area (TPSA) is 138 Å². The van der Waals surface area contributed by atoms with Gasteiger partial charge in [-0.05, 0) is 98.5 Å². The molecule has 3 aliphatic rings. The zero-order chi connectivity index (χ0) is 45.9. The van der Waals surface area contributed by atoms with Crippen molar-refractivity contribution in [3.63, 3.8) is 0 Å². The van der Waals surface area contributed by atoms with Crippen molar-refractivity contribution in [2.24, 2.45) is 17.3 Å². The number of nitrogens with one attached hydrogen (secondary N) is 2. The van der Waals surface area contributed by atoms with Gasteiger partial charge in [0.25, 0.3) is 5.91 Å². The van der Waals surface area contributed by atoms with Crippen LogP contribution >= 0.6 is 0 Å². The van der Waals surface area contributed by atoms with Crippen LogP contribution in [0.15, 0.2) is 60.8 Å². The van der Waals surface area contributed by atoms with Crippen LogP contribution in [-0.4, -0.2) is 113 Å². The summed E-state index contributed by atoms with van der Waals surface area (Å²) in [6.07, 6.45) is 9.60. The fourth-order valence-corrected chi connectivity index (χ4v) is 9.90. The van der Waals surface area contributed by atoms with Crippen molar-refractivity contribution in [1.29, 1.82) is 0 Å². The second-order valence-electron chi connectivity index (χ2n) is 18.9. The number of carbonyl (C=O) groups excluding carboxylic acids is 4. The molecule has 2 N–H and O–H groups in total. The number of likely N-dealkylation sites (N-methyl/N-ethyl adjacent to an activating group) is 1. The summed E-state index contributed by atoms with van der Waals surface area (Å²) in [6.45, 7) is 15.1. The molecule has 0 radical (unpaired) electrons. The van der Waals surface area contributed by atoms with Crippen LogP contribution < -0.4 is 10.7 Å². The van der Waals surface area contributed by atoms with Gasteiger partial charge in [-0.3, -0.25) is 34.1 Å². The summed E-state index contributed by atoms with van der Waals surface area (Å²) in [5.41, 5.74) is 10.6. The van der Waals surface area contributed by atoms with Gasteiger partial charge >= 0.3 is 5.97 Å². The van der Waals surface area contributed by atoms with Crippen molar-refractivity contribution >= 4 is 34.6 Å². The first-order valence-corrected chi connectivity index (χ1v) is 22.8. The van der Waals surface area contributed by atoms with Crippen LogP contribution in [0.3, 0.4) is 0 Å². The number of hydrogen-bond donors (Lipinski definition) is 2. The Kier molecular flexibility index (Phi) is 14.3. The Labute approximate surface area is 378 Å². The number of terminal acetylenes is 1. The summed E-state index contributed by atoms with van der Waals surface area (Å²) in [4.78, 5) is 65.4. The molecule has 3 aliphatic heterocycles. The van der Waals surface area contributed by atoms with E-state index in [2.05, 4.69) is 83.3 Å². The molecule has 13 nitrogen and oxygen atoms in total. The molecule has 5 unspecified atom stereocenters. The van der Waals surface area contributed by atoms with Gasteiger partial charge in [-0.2, -0.15) is 0 Å². The predicted octanol–water partition coefficient (Wildman–Crippen LogP) is 6.18. The van der Waals surface area contributed by atoms with Crippen LogP contribution in [0, 0.1) is 29.6 Å². The molecule has 0 spiro atoms. The lowest BCUT2D eigenvalue weighted by Gasteiger charge is -2.37. The molecule has 5 atom stereocenters. The first-order chi connectivity index (χ1) is 30.6. The van der Waals surface area contributed by atoms with Crippen molar-refractivity contribution in [3.05, 3.63) is 77.6 Å².